The van der Waals surface area contributed by atoms with Crippen LogP contribution in [-0.2, 0) is 0 Å². The summed E-state index contributed by atoms with van der Waals surface area (Å²) in [4.78, 5) is 5.91. The number of alkyl halides is 1. The number of hydrogen-bond acceptors (Lipinski definition) is 2. The van der Waals surface area contributed by atoms with Crippen LogP contribution in [0, 0.1) is 5.82 Å². The van der Waals surface area contributed by atoms with E-state index in [1.54, 1.807) is 0 Å². The summed E-state index contributed by atoms with van der Waals surface area (Å²) in [6, 6.07) is 1.45. The van der Waals surface area contributed by atoms with Crippen LogP contribution in [0.2, 0.25) is 5.02 Å². The fraction of sp³-hybridized carbons (Fsp3) is 0.545. The lowest BCUT2D eigenvalue weighted by Crippen LogP contribution is -2.33. The van der Waals surface area contributed by atoms with Gasteiger partial charge in [0.2, 0.25) is 0 Å². The van der Waals surface area contributed by atoms with Crippen molar-refractivity contribution >= 4 is 29.0 Å². The van der Waals surface area contributed by atoms with E-state index in [0.717, 1.165) is 6.42 Å². The van der Waals surface area contributed by atoms with Gasteiger partial charge >= 0.3 is 0 Å². The minimum absolute atomic E-state index is 0.173. The van der Waals surface area contributed by atoms with Gasteiger partial charge < -0.3 is 4.90 Å². The molecule has 1 aromatic heterocycles. The number of anilines is 1. The Balaban J connectivity index is 2.92. The molecule has 0 amide bonds. The summed E-state index contributed by atoms with van der Waals surface area (Å²) < 4.78 is 13.7. The van der Waals surface area contributed by atoms with Gasteiger partial charge in [-0.2, -0.15) is 0 Å². The van der Waals surface area contributed by atoms with E-state index < -0.39 is 5.82 Å². The first-order valence-corrected chi connectivity index (χ1v) is 6.11. The first-order valence-electron chi connectivity index (χ1n) is 5.20. The number of pyridine rings is 1. The molecule has 0 aliphatic heterocycles. The average Bonchev–Trinajstić information content (AvgIpc) is 2.20. The maximum atomic E-state index is 13.7. The summed E-state index contributed by atoms with van der Waals surface area (Å²) in [5, 5.41) is 0.308. The SMILES string of the molecule is CC(C)N(CCCCl)c1ncc(Cl)cc1F. The second kappa shape index (κ2) is 6.26. The molecular formula is C11H15Cl2FN2. The van der Waals surface area contributed by atoms with Crippen molar-refractivity contribution in [3.05, 3.63) is 23.1 Å². The van der Waals surface area contributed by atoms with Crippen LogP contribution in [0.15, 0.2) is 12.3 Å². The van der Waals surface area contributed by atoms with Crippen LogP contribution in [0.4, 0.5) is 10.2 Å². The van der Waals surface area contributed by atoms with Crippen LogP contribution in [0.1, 0.15) is 20.3 Å². The summed E-state index contributed by atoms with van der Waals surface area (Å²) in [5.74, 6) is 0.499. The van der Waals surface area contributed by atoms with Crippen molar-refractivity contribution in [2.45, 2.75) is 26.3 Å². The van der Waals surface area contributed by atoms with E-state index in [1.165, 1.54) is 12.3 Å². The molecule has 0 radical (unpaired) electrons. The highest BCUT2D eigenvalue weighted by Crippen LogP contribution is 2.21. The third kappa shape index (κ3) is 3.49. The number of halogens is 3. The Morgan fingerprint density at radius 1 is 1.50 bits per heavy atom. The van der Waals surface area contributed by atoms with Crippen molar-refractivity contribution in [1.29, 1.82) is 0 Å². The van der Waals surface area contributed by atoms with Gasteiger partial charge in [0.1, 0.15) is 0 Å². The van der Waals surface area contributed by atoms with E-state index in [9.17, 15) is 4.39 Å². The van der Waals surface area contributed by atoms with Gasteiger partial charge in [-0.1, -0.05) is 11.6 Å². The molecule has 1 aromatic rings. The second-order valence-corrected chi connectivity index (χ2v) is 4.60. The van der Waals surface area contributed by atoms with E-state index in [0.29, 0.717) is 23.3 Å². The zero-order valence-corrected chi connectivity index (χ0v) is 10.9. The van der Waals surface area contributed by atoms with Crippen LogP contribution in [0.3, 0.4) is 0 Å². The molecule has 0 saturated heterocycles. The Labute approximate surface area is 105 Å². The lowest BCUT2D eigenvalue weighted by Gasteiger charge is -2.27. The molecule has 0 bridgehead atoms. The third-order valence-electron chi connectivity index (χ3n) is 2.22. The molecule has 16 heavy (non-hydrogen) atoms. The van der Waals surface area contributed by atoms with Crippen molar-refractivity contribution in [3.63, 3.8) is 0 Å². The summed E-state index contributed by atoms with van der Waals surface area (Å²) in [7, 11) is 0. The second-order valence-electron chi connectivity index (χ2n) is 3.79. The zero-order chi connectivity index (χ0) is 12.1. The maximum Gasteiger partial charge on any atom is 0.167 e. The van der Waals surface area contributed by atoms with E-state index in [1.807, 2.05) is 18.7 Å². The normalized spacial score (nSPS) is 10.9. The largest absolute Gasteiger partial charge is 0.352 e. The van der Waals surface area contributed by atoms with Crippen molar-refractivity contribution in [2.24, 2.45) is 0 Å². The quantitative estimate of drug-likeness (QED) is 0.754. The highest BCUT2D eigenvalue weighted by Gasteiger charge is 2.16. The molecule has 90 valence electrons. The fourth-order valence-corrected chi connectivity index (χ4v) is 1.72. The molecule has 0 atom stereocenters. The van der Waals surface area contributed by atoms with Gasteiger partial charge in [0.15, 0.2) is 11.6 Å². The minimum Gasteiger partial charge on any atom is -0.352 e. The van der Waals surface area contributed by atoms with E-state index in [4.69, 9.17) is 23.2 Å². The summed E-state index contributed by atoms with van der Waals surface area (Å²) in [6.45, 7) is 4.67. The van der Waals surface area contributed by atoms with Gasteiger partial charge in [0.25, 0.3) is 0 Å². The predicted molar refractivity (Wildman–Crippen MR) is 67.0 cm³/mol. The van der Waals surface area contributed by atoms with Crippen molar-refractivity contribution in [3.8, 4) is 0 Å². The topological polar surface area (TPSA) is 16.1 Å². The molecule has 0 aromatic carbocycles. The fourth-order valence-electron chi connectivity index (χ4n) is 1.46. The van der Waals surface area contributed by atoms with E-state index in [-0.39, 0.29) is 6.04 Å². The van der Waals surface area contributed by atoms with Gasteiger partial charge in [-0.05, 0) is 26.3 Å². The highest BCUT2D eigenvalue weighted by molar-refractivity contribution is 6.30. The summed E-state index contributed by atoms with van der Waals surface area (Å²) in [6.07, 6.45) is 2.25. The number of rotatable bonds is 5. The summed E-state index contributed by atoms with van der Waals surface area (Å²) in [5.41, 5.74) is 0. The molecule has 0 spiro atoms. The third-order valence-corrected chi connectivity index (χ3v) is 2.69. The average molecular weight is 265 g/mol. The lowest BCUT2D eigenvalue weighted by atomic mass is 10.2. The Morgan fingerprint density at radius 3 is 2.69 bits per heavy atom. The smallest absolute Gasteiger partial charge is 0.167 e. The van der Waals surface area contributed by atoms with Crippen LogP contribution in [-0.4, -0.2) is 23.5 Å². The van der Waals surface area contributed by atoms with Gasteiger partial charge in [-0.25, -0.2) is 9.37 Å². The van der Waals surface area contributed by atoms with Crippen LogP contribution >= 0.6 is 23.2 Å². The molecular weight excluding hydrogens is 250 g/mol. The van der Waals surface area contributed by atoms with E-state index in [2.05, 4.69) is 4.98 Å². The van der Waals surface area contributed by atoms with Crippen LogP contribution in [0.5, 0.6) is 0 Å². The first kappa shape index (κ1) is 13.5. The number of hydrogen-bond donors (Lipinski definition) is 0. The summed E-state index contributed by atoms with van der Waals surface area (Å²) >= 11 is 11.3. The molecule has 0 saturated carbocycles. The Morgan fingerprint density at radius 2 is 2.19 bits per heavy atom. The highest BCUT2D eigenvalue weighted by atomic mass is 35.5. The molecule has 2 nitrogen and oxygen atoms in total. The van der Waals surface area contributed by atoms with Gasteiger partial charge in [-0.3, -0.25) is 0 Å². The standard InChI is InChI=1S/C11H15Cl2FN2/c1-8(2)16(5-3-4-12)11-10(14)6-9(13)7-15-11/h6-8H,3-5H2,1-2H3. The van der Waals surface area contributed by atoms with Crippen LogP contribution in [0.25, 0.3) is 0 Å². The molecule has 0 aliphatic carbocycles. The van der Waals surface area contributed by atoms with Crippen molar-refractivity contribution < 1.29 is 4.39 Å². The van der Waals surface area contributed by atoms with Crippen molar-refractivity contribution in [2.75, 3.05) is 17.3 Å². The zero-order valence-electron chi connectivity index (χ0n) is 9.38. The maximum absolute atomic E-state index is 13.7. The van der Waals surface area contributed by atoms with Gasteiger partial charge in [0.05, 0.1) is 5.02 Å². The minimum atomic E-state index is -0.393. The lowest BCUT2D eigenvalue weighted by molar-refractivity contribution is 0.587. The Hall–Kier alpha value is -0.540. The van der Waals surface area contributed by atoms with Gasteiger partial charge in [-0.15, -0.1) is 11.6 Å². The molecule has 0 N–H and O–H groups in total. The van der Waals surface area contributed by atoms with Gasteiger partial charge in [0, 0.05) is 24.7 Å². The number of aromatic nitrogens is 1. The molecule has 0 aliphatic rings. The molecule has 5 heteroatoms. The first-order chi connectivity index (χ1) is 7.56. The Kier molecular flexibility index (Phi) is 5.29. The molecule has 1 heterocycles. The number of nitrogens with zero attached hydrogens (tertiary/aromatic N) is 2. The van der Waals surface area contributed by atoms with Crippen LogP contribution < -0.4 is 4.90 Å². The molecule has 0 unspecified atom stereocenters. The monoisotopic (exact) mass is 264 g/mol. The Bertz CT molecular complexity index is 345. The van der Waals surface area contributed by atoms with E-state index >= 15 is 0 Å². The predicted octanol–water partition coefficient (Wildman–Crippen LogP) is 3.72. The van der Waals surface area contributed by atoms with Crippen molar-refractivity contribution in [1.82, 2.24) is 4.98 Å². The molecule has 1 rings (SSSR count). The molecule has 0 fully saturated rings.